The molecule has 190 valence electrons. The molecule has 0 bridgehead atoms. The molecule has 6 rings (SSSR count). The third-order valence-electron chi connectivity index (χ3n) is 6.96. The molecular weight excluding hydrogens is 514 g/mol. The molecule has 0 saturated carbocycles. The van der Waals surface area contributed by atoms with Gasteiger partial charge in [0.05, 0.1) is 17.0 Å². The monoisotopic (exact) mass is 539 g/mol. The maximum absolute atomic E-state index is 13.9. The summed E-state index contributed by atoms with van der Waals surface area (Å²) in [6, 6.07) is 19.3. The van der Waals surface area contributed by atoms with E-state index in [1.165, 1.54) is 22.5 Å². The van der Waals surface area contributed by atoms with Gasteiger partial charge < -0.3 is 4.42 Å². The third kappa shape index (κ3) is 4.23. The molecule has 0 N–H and O–H groups in total. The minimum atomic E-state index is -0.650. The lowest BCUT2D eigenvalue weighted by Gasteiger charge is -2.22. The molecule has 0 fully saturated rings. The Labute approximate surface area is 228 Å². The summed E-state index contributed by atoms with van der Waals surface area (Å²) < 4.78 is 6.89. The number of anilines is 1. The molecule has 5 aromatic rings. The number of fused-ring (bicyclic) bond motifs is 2. The van der Waals surface area contributed by atoms with Crippen LogP contribution in [0.5, 0.6) is 0 Å². The summed E-state index contributed by atoms with van der Waals surface area (Å²) in [5.74, 6) is 0.434. The van der Waals surface area contributed by atoms with Gasteiger partial charge in [-0.15, -0.1) is 10.2 Å². The molecule has 0 aliphatic carbocycles. The number of hydrogen-bond acceptors (Lipinski definition) is 7. The number of carbonyl (C=O) groups excluding carboxylic acids is 1. The van der Waals surface area contributed by atoms with E-state index in [0.717, 1.165) is 32.3 Å². The van der Waals surface area contributed by atoms with Gasteiger partial charge in [0.25, 0.3) is 5.91 Å². The van der Waals surface area contributed by atoms with Gasteiger partial charge in [-0.3, -0.25) is 14.5 Å². The first-order valence-electron chi connectivity index (χ1n) is 12.3. The van der Waals surface area contributed by atoms with Gasteiger partial charge in [-0.1, -0.05) is 82.8 Å². The van der Waals surface area contributed by atoms with Crippen molar-refractivity contribution in [3.05, 3.63) is 116 Å². The third-order valence-corrected chi connectivity index (χ3v) is 9.09. The summed E-state index contributed by atoms with van der Waals surface area (Å²) in [6.07, 6.45) is 0. The van der Waals surface area contributed by atoms with E-state index in [1.807, 2.05) is 57.2 Å². The predicted molar refractivity (Wildman–Crippen MR) is 152 cm³/mol. The second-order valence-corrected chi connectivity index (χ2v) is 11.9. The number of nitrogens with zero attached hydrogens (tertiary/aromatic N) is 3. The second-order valence-electron chi connectivity index (χ2n) is 9.72. The van der Waals surface area contributed by atoms with Crippen LogP contribution in [-0.4, -0.2) is 16.1 Å². The maximum atomic E-state index is 13.9. The summed E-state index contributed by atoms with van der Waals surface area (Å²) >= 11 is 2.92. The van der Waals surface area contributed by atoms with Crippen molar-refractivity contribution >= 4 is 45.1 Å². The summed E-state index contributed by atoms with van der Waals surface area (Å²) in [7, 11) is 0. The van der Waals surface area contributed by atoms with E-state index in [1.54, 1.807) is 16.7 Å². The van der Waals surface area contributed by atoms with Crippen molar-refractivity contribution in [2.75, 3.05) is 4.90 Å². The SMILES string of the molecule is Cc1ccc(CSc2nnc(N3C(=O)c4oc5cc(C)c(C)cc5c(=O)c4C3c3ccc(C)cc3)s2)cc1. The first-order chi connectivity index (χ1) is 18.3. The van der Waals surface area contributed by atoms with Gasteiger partial charge in [0, 0.05) is 5.75 Å². The maximum Gasteiger partial charge on any atom is 0.297 e. The number of aromatic nitrogens is 2. The zero-order chi connectivity index (χ0) is 26.6. The van der Waals surface area contributed by atoms with Crippen LogP contribution >= 0.6 is 23.1 Å². The van der Waals surface area contributed by atoms with Gasteiger partial charge in [0.15, 0.2) is 9.77 Å². The van der Waals surface area contributed by atoms with E-state index < -0.39 is 6.04 Å². The molecule has 6 nitrogen and oxygen atoms in total. The van der Waals surface area contributed by atoms with Gasteiger partial charge in [-0.2, -0.15) is 0 Å². The van der Waals surface area contributed by atoms with Gasteiger partial charge in [-0.05, 0) is 62.1 Å². The van der Waals surface area contributed by atoms with E-state index in [2.05, 4.69) is 41.4 Å². The van der Waals surface area contributed by atoms with Gasteiger partial charge in [-0.25, -0.2) is 0 Å². The van der Waals surface area contributed by atoms with Crippen molar-refractivity contribution in [1.29, 1.82) is 0 Å². The van der Waals surface area contributed by atoms with Crippen molar-refractivity contribution < 1.29 is 9.21 Å². The standard InChI is InChI=1S/C30H25N3O3S2/c1-16-5-9-20(10-6-16)15-37-30-32-31-29(38-30)33-25(21-11-7-17(2)8-12-21)24-26(34)22-13-18(3)19(4)14-23(22)36-27(24)28(33)35/h5-14,25H,15H2,1-4H3. The molecule has 2 aromatic heterocycles. The van der Waals surface area contributed by atoms with Gasteiger partial charge in [0.2, 0.25) is 10.9 Å². The highest BCUT2D eigenvalue weighted by Crippen LogP contribution is 2.43. The van der Waals surface area contributed by atoms with Crippen LogP contribution in [0, 0.1) is 27.7 Å². The fourth-order valence-electron chi connectivity index (χ4n) is 4.68. The summed E-state index contributed by atoms with van der Waals surface area (Å²) in [5.41, 5.74) is 6.88. The Morgan fingerprint density at radius 2 is 1.55 bits per heavy atom. The van der Waals surface area contributed by atoms with Crippen LogP contribution in [-0.2, 0) is 5.75 Å². The molecule has 0 radical (unpaired) electrons. The number of benzene rings is 3. The average molecular weight is 540 g/mol. The smallest absolute Gasteiger partial charge is 0.297 e. The van der Waals surface area contributed by atoms with Crippen LogP contribution in [0.2, 0.25) is 0 Å². The van der Waals surface area contributed by atoms with Crippen LogP contribution in [0.1, 0.15) is 55.5 Å². The predicted octanol–water partition coefficient (Wildman–Crippen LogP) is 6.92. The van der Waals surface area contributed by atoms with Gasteiger partial charge in [0.1, 0.15) is 5.58 Å². The first kappa shape index (κ1) is 24.6. The second kappa shape index (κ2) is 9.53. The van der Waals surface area contributed by atoms with Crippen molar-refractivity contribution in [2.45, 2.75) is 43.8 Å². The molecule has 0 saturated heterocycles. The molecule has 0 spiro atoms. The summed E-state index contributed by atoms with van der Waals surface area (Å²) in [5, 5.41) is 9.67. The van der Waals surface area contributed by atoms with Crippen LogP contribution < -0.4 is 10.3 Å². The Hall–Kier alpha value is -3.75. The van der Waals surface area contributed by atoms with Crippen molar-refractivity contribution in [1.82, 2.24) is 10.2 Å². The molecule has 1 aliphatic rings. The van der Waals surface area contributed by atoms with Crippen LogP contribution in [0.15, 0.2) is 74.2 Å². The summed E-state index contributed by atoms with van der Waals surface area (Å²) in [6.45, 7) is 7.99. The topological polar surface area (TPSA) is 76.3 Å². The quantitative estimate of drug-likeness (QED) is 0.178. The Bertz CT molecular complexity index is 1760. The van der Waals surface area contributed by atoms with Crippen molar-refractivity contribution in [3.8, 4) is 0 Å². The summed E-state index contributed by atoms with van der Waals surface area (Å²) in [4.78, 5) is 29.3. The van der Waals surface area contributed by atoms with E-state index in [-0.39, 0.29) is 17.1 Å². The van der Waals surface area contributed by atoms with Crippen LogP contribution in [0.25, 0.3) is 11.0 Å². The fraction of sp³-hybridized carbons (Fsp3) is 0.200. The lowest BCUT2D eigenvalue weighted by Crippen LogP contribution is -2.29. The number of carbonyl (C=O) groups is 1. The Kier molecular flexibility index (Phi) is 6.16. The molecule has 38 heavy (non-hydrogen) atoms. The highest BCUT2D eigenvalue weighted by atomic mass is 32.2. The largest absolute Gasteiger partial charge is 0.450 e. The fourth-order valence-corrected chi connectivity index (χ4v) is 6.50. The normalized spacial score (nSPS) is 14.9. The Balaban J connectivity index is 1.44. The van der Waals surface area contributed by atoms with Crippen LogP contribution in [0.3, 0.4) is 0 Å². The van der Waals surface area contributed by atoms with E-state index in [0.29, 0.717) is 21.7 Å². The molecule has 1 amide bonds. The lowest BCUT2D eigenvalue weighted by molar-refractivity contribution is 0.0970. The molecule has 3 heterocycles. The minimum Gasteiger partial charge on any atom is -0.450 e. The van der Waals surface area contributed by atoms with E-state index >= 15 is 0 Å². The van der Waals surface area contributed by atoms with Crippen molar-refractivity contribution in [2.24, 2.45) is 0 Å². The van der Waals surface area contributed by atoms with Gasteiger partial charge >= 0.3 is 0 Å². The van der Waals surface area contributed by atoms with Crippen molar-refractivity contribution in [3.63, 3.8) is 0 Å². The number of thioether (sulfide) groups is 1. The molecule has 1 aliphatic heterocycles. The molecular formula is C30H25N3O3S2. The van der Waals surface area contributed by atoms with Crippen LogP contribution in [0.4, 0.5) is 5.13 Å². The highest BCUT2D eigenvalue weighted by molar-refractivity contribution is 8.00. The molecule has 3 aromatic carbocycles. The lowest BCUT2D eigenvalue weighted by atomic mass is 9.97. The number of amides is 1. The minimum absolute atomic E-state index is 0.0698. The number of hydrogen-bond donors (Lipinski definition) is 0. The molecule has 1 atom stereocenters. The molecule has 1 unspecified atom stereocenters. The Morgan fingerprint density at radius 1 is 0.895 bits per heavy atom. The number of aryl methyl sites for hydroxylation is 4. The van der Waals surface area contributed by atoms with E-state index in [4.69, 9.17) is 4.42 Å². The average Bonchev–Trinajstić information content (AvgIpc) is 3.48. The number of rotatable bonds is 5. The highest BCUT2D eigenvalue weighted by Gasteiger charge is 2.45. The molecule has 8 heteroatoms. The Morgan fingerprint density at radius 3 is 2.26 bits per heavy atom. The zero-order valence-corrected chi connectivity index (χ0v) is 23.1. The zero-order valence-electron chi connectivity index (χ0n) is 21.4. The van der Waals surface area contributed by atoms with E-state index in [9.17, 15) is 9.59 Å². The first-order valence-corrected chi connectivity index (χ1v) is 14.1.